The molecule has 6 nitrogen and oxygen atoms in total. The number of nitrogens with zero attached hydrogens (tertiary/aromatic N) is 1. The maximum absolute atomic E-state index is 14.6. The Morgan fingerprint density at radius 1 is 1.30 bits per heavy atom. The van der Waals surface area contributed by atoms with E-state index in [1.54, 1.807) is 5.38 Å². The van der Waals surface area contributed by atoms with E-state index in [1.165, 1.54) is 6.20 Å². The van der Waals surface area contributed by atoms with Gasteiger partial charge in [-0.05, 0) is 31.5 Å². The van der Waals surface area contributed by atoms with Crippen LogP contribution in [0.1, 0.15) is 32.6 Å². The summed E-state index contributed by atoms with van der Waals surface area (Å²) in [5.74, 6) is -0.859. The van der Waals surface area contributed by atoms with Gasteiger partial charge in [0.2, 0.25) is 0 Å². The molecule has 0 radical (unpaired) electrons. The lowest BCUT2D eigenvalue weighted by Crippen LogP contribution is -2.46. The highest BCUT2D eigenvalue weighted by Gasteiger charge is 2.27. The second-order valence-electron chi connectivity index (χ2n) is 6.40. The molecule has 1 saturated carbocycles. The molecule has 0 amide bonds. The van der Waals surface area contributed by atoms with Crippen LogP contribution in [0.25, 0.3) is 0 Å². The van der Waals surface area contributed by atoms with Crippen LogP contribution in [0, 0.1) is 5.82 Å². The first-order chi connectivity index (χ1) is 12.9. The largest absolute Gasteiger partial charge is 0.379 e. The van der Waals surface area contributed by atoms with Crippen molar-refractivity contribution in [3.8, 4) is 0 Å². The van der Waals surface area contributed by atoms with E-state index in [0.717, 1.165) is 55.7 Å². The SMILES string of the molecule is CCN[C@H]1CCCC[C@@H]1Nc1cc(F)c(S(=O)(=O)Nc2nccs2)cc1Cl. The Labute approximate surface area is 167 Å². The second-order valence-corrected chi connectivity index (χ2v) is 9.36. The van der Waals surface area contributed by atoms with E-state index in [1.807, 2.05) is 6.92 Å². The highest BCUT2D eigenvalue weighted by molar-refractivity contribution is 7.93. The summed E-state index contributed by atoms with van der Waals surface area (Å²) in [5, 5.41) is 8.69. The van der Waals surface area contributed by atoms with E-state index in [0.29, 0.717) is 5.69 Å². The van der Waals surface area contributed by atoms with Crippen molar-refractivity contribution in [2.24, 2.45) is 0 Å². The molecule has 1 aliphatic carbocycles. The van der Waals surface area contributed by atoms with Crippen molar-refractivity contribution >= 4 is 43.8 Å². The zero-order valence-corrected chi connectivity index (χ0v) is 17.2. The quantitative estimate of drug-likeness (QED) is 0.614. The van der Waals surface area contributed by atoms with Gasteiger partial charge in [-0.25, -0.2) is 17.8 Å². The number of anilines is 2. The second kappa shape index (κ2) is 8.72. The third-order valence-electron chi connectivity index (χ3n) is 4.54. The van der Waals surface area contributed by atoms with Gasteiger partial charge in [-0.15, -0.1) is 11.3 Å². The van der Waals surface area contributed by atoms with Gasteiger partial charge in [-0.2, -0.15) is 0 Å². The highest BCUT2D eigenvalue weighted by atomic mass is 35.5. The van der Waals surface area contributed by atoms with Gasteiger partial charge in [0, 0.05) is 23.7 Å². The summed E-state index contributed by atoms with van der Waals surface area (Å²) in [6.07, 6.45) is 5.68. The summed E-state index contributed by atoms with van der Waals surface area (Å²) in [4.78, 5) is 3.35. The molecule has 1 aromatic heterocycles. The number of rotatable bonds is 7. The minimum absolute atomic E-state index is 0.117. The molecule has 1 aromatic carbocycles. The lowest BCUT2D eigenvalue weighted by Gasteiger charge is -2.33. The van der Waals surface area contributed by atoms with E-state index in [4.69, 9.17) is 11.6 Å². The molecule has 0 unspecified atom stereocenters. The molecule has 10 heteroatoms. The number of thiazole rings is 1. The number of aromatic nitrogens is 1. The molecular formula is C17H22ClFN4O2S2. The van der Waals surface area contributed by atoms with Crippen molar-refractivity contribution < 1.29 is 12.8 Å². The number of benzene rings is 1. The predicted molar refractivity (Wildman–Crippen MR) is 108 cm³/mol. The minimum atomic E-state index is -4.11. The van der Waals surface area contributed by atoms with Crippen LogP contribution in [-0.4, -0.2) is 32.0 Å². The third kappa shape index (κ3) is 4.90. The molecule has 3 N–H and O–H groups in total. The Bertz CT molecular complexity index is 875. The predicted octanol–water partition coefficient (Wildman–Crippen LogP) is 4.07. The van der Waals surface area contributed by atoms with Crippen molar-refractivity contribution in [3.05, 3.63) is 34.5 Å². The summed E-state index contributed by atoms with van der Waals surface area (Å²) in [6, 6.07) is 2.68. The first-order valence-corrected chi connectivity index (χ1v) is 11.6. The zero-order chi connectivity index (χ0) is 19.4. The van der Waals surface area contributed by atoms with Crippen LogP contribution in [0.15, 0.2) is 28.6 Å². The Hall–Kier alpha value is -1.42. The monoisotopic (exact) mass is 432 g/mol. The standard InChI is InChI=1S/C17H22ClFN4O2S2/c1-2-20-13-5-3-4-6-14(13)22-15-10-12(19)16(9-11(15)18)27(24,25)23-17-21-7-8-26-17/h7-10,13-14,20,22H,2-6H2,1H3,(H,21,23)/t13-,14-/m0/s1. The smallest absolute Gasteiger partial charge is 0.266 e. The molecule has 27 heavy (non-hydrogen) atoms. The first kappa shape index (κ1) is 20.3. The Balaban J connectivity index is 1.82. The van der Waals surface area contributed by atoms with Gasteiger partial charge in [0.25, 0.3) is 10.0 Å². The third-order valence-corrected chi connectivity index (χ3v) is 7.02. The van der Waals surface area contributed by atoms with Crippen molar-refractivity contribution in [2.75, 3.05) is 16.6 Å². The molecule has 0 spiro atoms. The number of nitrogens with one attached hydrogen (secondary N) is 3. The molecule has 1 aliphatic rings. The average Bonchev–Trinajstić information content (AvgIpc) is 3.12. The van der Waals surface area contributed by atoms with Gasteiger partial charge in [0.05, 0.1) is 10.7 Å². The summed E-state index contributed by atoms with van der Waals surface area (Å²) in [6.45, 7) is 2.90. The number of halogens is 2. The van der Waals surface area contributed by atoms with Crippen molar-refractivity contribution in [1.29, 1.82) is 0 Å². The van der Waals surface area contributed by atoms with Gasteiger partial charge >= 0.3 is 0 Å². The van der Waals surface area contributed by atoms with E-state index in [2.05, 4.69) is 20.3 Å². The molecular weight excluding hydrogens is 411 g/mol. The van der Waals surface area contributed by atoms with E-state index >= 15 is 0 Å². The topological polar surface area (TPSA) is 83.1 Å². The number of hydrogen-bond donors (Lipinski definition) is 3. The average molecular weight is 433 g/mol. The van der Waals surface area contributed by atoms with Crippen LogP contribution in [0.3, 0.4) is 0 Å². The number of sulfonamides is 1. The highest BCUT2D eigenvalue weighted by Crippen LogP contribution is 2.32. The van der Waals surface area contributed by atoms with Gasteiger partial charge < -0.3 is 10.6 Å². The Kier molecular flexibility index (Phi) is 6.56. The van der Waals surface area contributed by atoms with Crippen molar-refractivity contribution in [1.82, 2.24) is 10.3 Å². The van der Waals surface area contributed by atoms with Crippen LogP contribution >= 0.6 is 22.9 Å². The molecule has 1 heterocycles. The number of likely N-dealkylation sites (N-methyl/N-ethyl adjacent to an activating group) is 1. The fourth-order valence-electron chi connectivity index (χ4n) is 3.30. The maximum atomic E-state index is 14.6. The van der Waals surface area contributed by atoms with Gasteiger partial charge in [-0.1, -0.05) is 31.4 Å². The molecule has 0 aliphatic heterocycles. The molecule has 0 saturated heterocycles. The summed E-state index contributed by atoms with van der Waals surface area (Å²) in [5.41, 5.74) is 0.400. The van der Waals surface area contributed by atoms with Crippen LogP contribution in [0.2, 0.25) is 5.02 Å². The van der Waals surface area contributed by atoms with E-state index < -0.39 is 20.7 Å². The lowest BCUT2D eigenvalue weighted by atomic mass is 9.90. The van der Waals surface area contributed by atoms with Crippen LogP contribution in [0.5, 0.6) is 0 Å². The van der Waals surface area contributed by atoms with Crippen molar-refractivity contribution in [2.45, 2.75) is 49.6 Å². The Morgan fingerprint density at radius 3 is 2.70 bits per heavy atom. The molecule has 3 rings (SSSR count). The molecule has 0 bridgehead atoms. The van der Waals surface area contributed by atoms with Gasteiger partial charge in [0.1, 0.15) is 10.7 Å². The van der Waals surface area contributed by atoms with E-state index in [-0.39, 0.29) is 22.2 Å². The number of hydrogen-bond acceptors (Lipinski definition) is 6. The fourth-order valence-corrected chi connectivity index (χ4v) is 5.46. The van der Waals surface area contributed by atoms with Crippen molar-refractivity contribution in [3.63, 3.8) is 0 Å². The zero-order valence-electron chi connectivity index (χ0n) is 14.8. The van der Waals surface area contributed by atoms with Crippen LogP contribution < -0.4 is 15.4 Å². The summed E-state index contributed by atoms with van der Waals surface area (Å²) < 4.78 is 41.7. The minimum Gasteiger partial charge on any atom is -0.379 e. The molecule has 2 atom stereocenters. The summed E-state index contributed by atoms with van der Waals surface area (Å²) >= 11 is 7.39. The first-order valence-electron chi connectivity index (χ1n) is 8.82. The molecule has 148 valence electrons. The maximum Gasteiger partial charge on any atom is 0.266 e. The van der Waals surface area contributed by atoms with Gasteiger partial charge in [-0.3, -0.25) is 4.72 Å². The fraction of sp³-hybridized carbons (Fsp3) is 0.471. The van der Waals surface area contributed by atoms with Gasteiger partial charge in [0.15, 0.2) is 5.13 Å². The molecule has 1 fully saturated rings. The lowest BCUT2D eigenvalue weighted by molar-refractivity contribution is 0.349. The molecule has 2 aromatic rings. The van der Waals surface area contributed by atoms with E-state index in [9.17, 15) is 12.8 Å². The Morgan fingerprint density at radius 2 is 2.04 bits per heavy atom. The normalized spacial score (nSPS) is 20.4. The van der Waals surface area contributed by atoms with Crippen LogP contribution in [-0.2, 0) is 10.0 Å². The van der Waals surface area contributed by atoms with Crippen LogP contribution in [0.4, 0.5) is 15.2 Å². The summed E-state index contributed by atoms with van der Waals surface area (Å²) in [7, 11) is -4.11.